The highest BCUT2D eigenvalue weighted by molar-refractivity contribution is 8.01. The highest BCUT2D eigenvalue weighted by atomic mass is 32.2. The zero-order chi connectivity index (χ0) is 15.1. The minimum absolute atomic E-state index is 0.0726. The molecule has 0 saturated heterocycles. The molecular weight excluding hydrogens is 308 g/mol. The number of carbonyl (C=O) groups is 2. The molecule has 0 bridgehead atoms. The van der Waals surface area contributed by atoms with Crippen molar-refractivity contribution in [3.05, 3.63) is 12.7 Å². The Hall–Kier alpha value is -1.41. The van der Waals surface area contributed by atoms with Crippen LogP contribution in [0.5, 0.6) is 0 Å². The molecular formula is C13H18N4O2S2. The normalized spacial score (nSPS) is 13.7. The number of hydrogen-bond acceptors (Lipinski definition) is 6. The number of aromatic nitrogens is 2. The number of nitrogens with one attached hydrogen (secondary N) is 2. The van der Waals surface area contributed by atoms with Gasteiger partial charge in [0.25, 0.3) is 0 Å². The van der Waals surface area contributed by atoms with E-state index < -0.39 is 0 Å². The van der Waals surface area contributed by atoms with Crippen molar-refractivity contribution in [2.24, 2.45) is 5.92 Å². The molecule has 1 aromatic heterocycles. The predicted molar refractivity (Wildman–Crippen MR) is 84.4 cm³/mol. The summed E-state index contributed by atoms with van der Waals surface area (Å²) < 4.78 is 0.785. The van der Waals surface area contributed by atoms with E-state index in [9.17, 15) is 9.59 Å². The number of rotatable bonds is 9. The maximum Gasteiger partial charge on any atom is 0.226 e. The van der Waals surface area contributed by atoms with Crippen LogP contribution in [-0.2, 0) is 9.59 Å². The molecule has 0 atom stereocenters. The first-order chi connectivity index (χ1) is 10.2. The largest absolute Gasteiger partial charge is 0.356 e. The van der Waals surface area contributed by atoms with Gasteiger partial charge in [0.2, 0.25) is 16.9 Å². The third-order valence-electron chi connectivity index (χ3n) is 2.84. The maximum atomic E-state index is 11.7. The van der Waals surface area contributed by atoms with Crippen molar-refractivity contribution in [1.29, 1.82) is 0 Å². The van der Waals surface area contributed by atoms with Gasteiger partial charge >= 0.3 is 0 Å². The summed E-state index contributed by atoms with van der Waals surface area (Å²) >= 11 is 2.83. The van der Waals surface area contributed by atoms with Crippen LogP contribution in [0.1, 0.15) is 25.7 Å². The lowest BCUT2D eigenvalue weighted by atomic mass is 10.3. The Morgan fingerprint density at radius 3 is 2.81 bits per heavy atom. The molecule has 1 aromatic rings. The Labute approximate surface area is 131 Å². The van der Waals surface area contributed by atoms with Gasteiger partial charge in [-0.25, -0.2) is 0 Å². The molecule has 0 unspecified atom stereocenters. The molecule has 1 fully saturated rings. The SMILES string of the molecule is C=CCSc1nnc(NC(=O)CCC(=O)NCC2CC2)s1. The van der Waals surface area contributed by atoms with Crippen LogP contribution < -0.4 is 10.6 Å². The van der Waals surface area contributed by atoms with Crippen molar-refractivity contribution in [3.8, 4) is 0 Å². The van der Waals surface area contributed by atoms with Crippen LogP contribution in [0.2, 0.25) is 0 Å². The summed E-state index contributed by atoms with van der Waals surface area (Å²) in [6.45, 7) is 4.37. The minimum atomic E-state index is -0.215. The lowest BCUT2D eigenvalue weighted by Gasteiger charge is -2.03. The highest BCUT2D eigenvalue weighted by Gasteiger charge is 2.21. The van der Waals surface area contributed by atoms with Crippen LogP contribution in [0.4, 0.5) is 5.13 Å². The van der Waals surface area contributed by atoms with E-state index in [-0.39, 0.29) is 24.7 Å². The average molecular weight is 326 g/mol. The summed E-state index contributed by atoms with van der Waals surface area (Å²) in [5, 5.41) is 13.8. The second kappa shape index (κ2) is 8.14. The van der Waals surface area contributed by atoms with E-state index in [0.717, 1.165) is 16.6 Å². The van der Waals surface area contributed by atoms with Gasteiger partial charge in [-0.1, -0.05) is 29.2 Å². The molecule has 2 rings (SSSR count). The number of carbonyl (C=O) groups excluding carboxylic acids is 2. The lowest BCUT2D eigenvalue weighted by molar-refractivity contribution is -0.124. The van der Waals surface area contributed by atoms with Gasteiger partial charge in [0.05, 0.1) is 0 Å². The van der Waals surface area contributed by atoms with Crippen LogP contribution >= 0.6 is 23.1 Å². The van der Waals surface area contributed by atoms with Crippen molar-refractivity contribution >= 4 is 40.0 Å². The Morgan fingerprint density at radius 1 is 1.33 bits per heavy atom. The molecule has 2 amide bonds. The molecule has 8 heteroatoms. The lowest BCUT2D eigenvalue weighted by Crippen LogP contribution is -2.26. The fourth-order valence-corrected chi connectivity index (χ4v) is 3.06. The Balaban J connectivity index is 1.64. The Kier molecular flexibility index (Phi) is 6.19. The molecule has 0 aliphatic heterocycles. The number of amides is 2. The number of thioether (sulfide) groups is 1. The molecule has 1 aliphatic rings. The van der Waals surface area contributed by atoms with Crippen LogP contribution in [0.25, 0.3) is 0 Å². The van der Waals surface area contributed by atoms with Crippen LogP contribution in [0.3, 0.4) is 0 Å². The van der Waals surface area contributed by atoms with Crippen molar-refractivity contribution < 1.29 is 9.59 Å². The third kappa shape index (κ3) is 6.26. The Morgan fingerprint density at radius 2 is 2.10 bits per heavy atom. The van der Waals surface area contributed by atoms with E-state index >= 15 is 0 Å². The van der Waals surface area contributed by atoms with E-state index in [0.29, 0.717) is 11.0 Å². The van der Waals surface area contributed by atoms with Gasteiger partial charge in [-0.3, -0.25) is 9.59 Å². The number of nitrogens with zero attached hydrogens (tertiary/aromatic N) is 2. The predicted octanol–water partition coefficient (Wildman–Crippen LogP) is 2.06. The quantitative estimate of drug-likeness (QED) is 0.412. The topological polar surface area (TPSA) is 84.0 Å². The average Bonchev–Trinajstić information content (AvgIpc) is 3.20. The summed E-state index contributed by atoms with van der Waals surface area (Å²) in [4.78, 5) is 23.2. The zero-order valence-corrected chi connectivity index (χ0v) is 13.3. The van der Waals surface area contributed by atoms with Gasteiger partial charge in [-0.15, -0.1) is 16.8 Å². The minimum Gasteiger partial charge on any atom is -0.356 e. The Bertz CT molecular complexity index is 514. The van der Waals surface area contributed by atoms with Crippen molar-refractivity contribution in [2.75, 3.05) is 17.6 Å². The monoisotopic (exact) mass is 326 g/mol. The zero-order valence-electron chi connectivity index (χ0n) is 11.6. The van der Waals surface area contributed by atoms with Gasteiger partial charge in [0, 0.05) is 25.1 Å². The molecule has 1 saturated carbocycles. The molecule has 0 aromatic carbocycles. The van der Waals surface area contributed by atoms with Gasteiger partial charge in [-0.2, -0.15) is 0 Å². The standard InChI is InChI=1S/C13H18N4O2S2/c1-2-7-20-13-17-16-12(21-13)15-11(19)6-5-10(18)14-8-9-3-4-9/h2,9H,1,3-8H2,(H,14,18)(H,15,16,19). The first-order valence-electron chi connectivity index (χ1n) is 6.81. The van der Waals surface area contributed by atoms with Crippen molar-refractivity contribution in [3.63, 3.8) is 0 Å². The number of anilines is 1. The van der Waals surface area contributed by atoms with Gasteiger partial charge in [-0.05, 0) is 18.8 Å². The molecule has 1 aliphatic carbocycles. The maximum absolute atomic E-state index is 11.7. The summed E-state index contributed by atoms with van der Waals surface area (Å²) in [5.41, 5.74) is 0. The molecule has 114 valence electrons. The van der Waals surface area contributed by atoms with Crippen molar-refractivity contribution in [1.82, 2.24) is 15.5 Å². The highest BCUT2D eigenvalue weighted by Crippen LogP contribution is 2.27. The second-order valence-corrected chi connectivity index (χ2v) is 7.01. The van der Waals surface area contributed by atoms with Crippen molar-refractivity contribution in [2.45, 2.75) is 30.0 Å². The third-order valence-corrected chi connectivity index (χ3v) is 4.81. The fourth-order valence-electron chi connectivity index (χ4n) is 1.53. The summed E-state index contributed by atoms with van der Waals surface area (Å²) in [6.07, 6.45) is 4.54. The summed E-state index contributed by atoms with van der Waals surface area (Å²) in [7, 11) is 0. The second-order valence-electron chi connectivity index (χ2n) is 4.77. The summed E-state index contributed by atoms with van der Waals surface area (Å²) in [5.74, 6) is 1.12. The van der Waals surface area contributed by atoms with Crippen LogP contribution in [0, 0.1) is 5.92 Å². The molecule has 21 heavy (non-hydrogen) atoms. The molecule has 0 radical (unpaired) electrons. The molecule has 2 N–H and O–H groups in total. The summed E-state index contributed by atoms with van der Waals surface area (Å²) in [6, 6.07) is 0. The fraction of sp³-hybridized carbons (Fsp3) is 0.538. The van der Waals surface area contributed by atoms with Gasteiger partial charge in [0.1, 0.15) is 0 Å². The van der Waals surface area contributed by atoms with E-state index in [4.69, 9.17) is 0 Å². The number of hydrogen-bond donors (Lipinski definition) is 2. The van der Waals surface area contributed by atoms with E-state index in [1.807, 2.05) is 0 Å². The van der Waals surface area contributed by atoms with E-state index in [2.05, 4.69) is 27.4 Å². The molecule has 1 heterocycles. The smallest absolute Gasteiger partial charge is 0.226 e. The first-order valence-corrected chi connectivity index (χ1v) is 8.61. The van der Waals surface area contributed by atoms with E-state index in [1.165, 1.54) is 35.9 Å². The van der Waals surface area contributed by atoms with Crippen LogP contribution in [-0.4, -0.2) is 34.3 Å². The van der Waals surface area contributed by atoms with E-state index in [1.54, 1.807) is 6.08 Å². The van der Waals surface area contributed by atoms with Crippen LogP contribution in [0.15, 0.2) is 17.0 Å². The first kappa shape index (κ1) is 16.0. The van der Waals surface area contributed by atoms with Gasteiger partial charge < -0.3 is 10.6 Å². The molecule has 0 spiro atoms. The van der Waals surface area contributed by atoms with Gasteiger partial charge in [0.15, 0.2) is 4.34 Å². The molecule has 6 nitrogen and oxygen atoms in total.